The van der Waals surface area contributed by atoms with Crippen LogP contribution in [0.3, 0.4) is 0 Å². The zero-order valence-electron chi connectivity index (χ0n) is 11.5. The van der Waals surface area contributed by atoms with E-state index < -0.39 is 10.0 Å². The van der Waals surface area contributed by atoms with E-state index in [9.17, 15) is 8.42 Å². The number of hydrogen-bond acceptors (Lipinski definition) is 3. The molecule has 0 atom stereocenters. The smallest absolute Gasteiger partial charge is 0.213 e. The first-order valence-corrected chi connectivity index (χ1v) is 8.20. The van der Waals surface area contributed by atoms with Crippen LogP contribution in [0.5, 0.6) is 0 Å². The zero-order chi connectivity index (χ0) is 14.3. The van der Waals surface area contributed by atoms with Crippen molar-refractivity contribution in [3.8, 4) is 0 Å². The van der Waals surface area contributed by atoms with Gasteiger partial charge in [-0.15, -0.1) is 0 Å². The van der Waals surface area contributed by atoms with Crippen LogP contribution in [0.1, 0.15) is 26.2 Å². The van der Waals surface area contributed by atoms with Crippen LogP contribution in [0.15, 0.2) is 17.1 Å². The third kappa shape index (κ3) is 7.17. The first-order chi connectivity index (χ1) is 8.89. The van der Waals surface area contributed by atoms with Gasteiger partial charge in [-0.2, -0.15) is 0 Å². The molecule has 0 unspecified atom stereocenters. The van der Waals surface area contributed by atoms with Gasteiger partial charge < -0.3 is 11.1 Å². The van der Waals surface area contributed by atoms with Crippen LogP contribution in [0.2, 0.25) is 0 Å². The molecule has 4 N–H and O–H groups in total. The van der Waals surface area contributed by atoms with E-state index in [1.54, 1.807) is 0 Å². The second-order valence-corrected chi connectivity index (χ2v) is 6.98. The van der Waals surface area contributed by atoms with Crippen LogP contribution in [0.25, 0.3) is 0 Å². The molecule has 6 nitrogen and oxygen atoms in total. The monoisotopic (exact) mass is 288 g/mol. The molecule has 1 saturated carbocycles. The summed E-state index contributed by atoms with van der Waals surface area (Å²) in [6.07, 6.45) is 3.46. The van der Waals surface area contributed by atoms with Crippen molar-refractivity contribution >= 4 is 16.0 Å². The first kappa shape index (κ1) is 16.0. The highest BCUT2D eigenvalue weighted by molar-refractivity contribution is 7.89. The molecule has 0 radical (unpaired) electrons. The van der Waals surface area contributed by atoms with Crippen molar-refractivity contribution in [3.05, 3.63) is 12.2 Å². The number of nitrogens with two attached hydrogens (primary N) is 1. The van der Waals surface area contributed by atoms with E-state index in [2.05, 4.69) is 21.6 Å². The lowest BCUT2D eigenvalue weighted by molar-refractivity contribution is 0.316. The van der Waals surface area contributed by atoms with Crippen LogP contribution in [0.4, 0.5) is 0 Å². The second-order valence-electron chi connectivity index (χ2n) is 5.05. The third-order valence-electron chi connectivity index (χ3n) is 3.01. The Hall–Kier alpha value is -1.08. The van der Waals surface area contributed by atoms with Gasteiger partial charge >= 0.3 is 0 Å². The highest BCUT2D eigenvalue weighted by atomic mass is 32.2. The topological polar surface area (TPSA) is 96.6 Å². The molecule has 0 bridgehead atoms. The van der Waals surface area contributed by atoms with Crippen molar-refractivity contribution in [2.45, 2.75) is 26.2 Å². The number of sulfonamides is 1. The van der Waals surface area contributed by atoms with Gasteiger partial charge in [0.1, 0.15) is 0 Å². The van der Waals surface area contributed by atoms with Gasteiger partial charge in [0, 0.05) is 13.1 Å². The molecule has 0 spiro atoms. The van der Waals surface area contributed by atoms with Gasteiger partial charge in [-0.05, 0) is 25.7 Å². The summed E-state index contributed by atoms with van der Waals surface area (Å²) in [5, 5.41) is 2.78. The quantitative estimate of drug-likeness (QED) is 0.337. The molecule has 1 aliphatic carbocycles. The molecule has 7 heteroatoms. The summed E-state index contributed by atoms with van der Waals surface area (Å²) in [5.41, 5.74) is 6.49. The van der Waals surface area contributed by atoms with Gasteiger partial charge in [-0.1, -0.05) is 18.6 Å². The highest BCUT2D eigenvalue weighted by Gasteiger charge is 2.19. The van der Waals surface area contributed by atoms with E-state index in [-0.39, 0.29) is 18.3 Å². The summed E-state index contributed by atoms with van der Waals surface area (Å²) in [6, 6.07) is 0. The molecule has 0 aromatic rings. The molecule has 19 heavy (non-hydrogen) atoms. The van der Waals surface area contributed by atoms with Crippen LogP contribution < -0.4 is 15.8 Å². The highest BCUT2D eigenvalue weighted by Crippen LogP contribution is 2.25. The van der Waals surface area contributed by atoms with Crippen molar-refractivity contribution in [1.82, 2.24) is 10.0 Å². The summed E-state index contributed by atoms with van der Waals surface area (Å²) < 4.78 is 26.0. The number of guanidine groups is 1. The Morgan fingerprint density at radius 1 is 1.47 bits per heavy atom. The molecule has 0 amide bonds. The Morgan fingerprint density at radius 2 is 2.16 bits per heavy atom. The molecule has 110 valence electrons. The molecular weight excluding hydrogens is 264 g/mol. The van der Waals surface area contributed by atoms with Gasteiger partial charge in [0.05, 0.1) is 12.3 Å². The molecule has 0 saturated heterocycles. The number of aliphatic imine (C=N–C) groups is 1. The molecule has 0 heterocycles. The Labute approximate surface area is 115 Å². The van der Waals surface area contributed by atoms with Crippen molar-refractivity contribution in [3.63, 3.8) is 0 Å². The maximum absolute atomic E-state index is 11.7. The normalized spacial score (nSPS) is 17.0. The van der Waals surface area contributed by atoms with Gasteiger partial charge in [0.2, 0.25) is 10.0 Å². The van der Waals surface area contributed by atoms with E-state index in [4.69, 9.17) is 5.73 Å². The first-order valence-electron chi connectivity index (χ1n) is 6.54. The zero-order valence-corrected chi connectivity index (χ0v) is 12.3. The number of nitrogens with zero attached hydrogens (tertiary/aromatic N) is 1. The lowest BCUT2D eigenvalue weighted by Gasteiger charge is -2.25. The van der Waals surface area contributed by atoms with Crippen LogP contribution >= 0.6 is 0 Å². The molecule has 1 rings (SSSR count). The fourth-order valence-electron chi connectivity index (χ4n) is 1.60. The van der Waals surface area contributed by atoms with E-state index in [1.807, 2.05) is 6.92 Å². The SMILES string of the molecule is C=C(C)CN=C(N)NCCS(=O)(=O)NCC1CCC1. The average molecular weight is 288 g/mol. The second kappa shape index (κ2) is 7.49. The molecule has 0 aromatic carbocycles. The largest absolute Gasteiger partial charge is 0.370 e. The van der Waals surface area contributed by atoms with Crippen LogP contribution in [-0.2, 0) is 10.0 Å². The molecule has 1 fully saturated rings. The lowest BCUT2D eigenvalue weighted by Crippen LogP contribution is -2.39. The van der Waals surface area contributed by atoms with E-state index in [0.29, 0.717) is 19.0 Å². The third-order valence-corrected chi connectivity index (χ3v) is 4.36. The maximum atomic E-state index is 11.7. The minimum absolute atomic E-state index is 0.00299. The molecular formula is C12H24N4O2S. The Bertz CT molecular complexity index is 427. The molecule has 0 aliphatic heterocycles. The predicted octanol–water partition coefficient (Wildman–Crippen LogP) is 0.186. The number of hydrogen-bond donors (Lipinski definition) is 3. The summed E-state index contributed by atoms with van der Waals surface area (Å²) in [4.78, 5) is 4.01. The summed E-state index contributed by atoms with van der Waals surface area (Å²) in [5.74, 6) is 0.769. The van der Waals surface area contributed by atoms with Crippen LogP contribution in [0, 0.1) is 5.92 Å². The van der Waals surface area contributed by atoms with E-state index >= 15 is 0 Å². The summed E-state index contributed by atoms with van der Waals surface area (Å²) in [7, 11) is -3.22. The Kier molecular flexibility index (Phi) is 6.30. The average Bonchev–Trinajstić information content (AvgIpc) is 2.23. The van der Waals surface area contributed by atoms with Crippen LogP contribution in [-0.4, -0.2) is 39.8 Å². The predicted molar refractivity (Wildman–Crippen MR) is 78.4 cm³/mol. The van der Waals surface area contributed by atoms with Gasteiger partial charge in [-0.3, -0.25) is 0 Å². The maximum Gasteiger partial charge on any atom is 0.213 e. The van der Waals surface area contributed by atoms with Crippen molar-refractivity contribution in [2.24, 2.45) is 16.6 Å². The van der Waals surface area contributed by atoms with Gasteiger partial charge in [0.25, 0.3) is 0 Å². The molecule has 1 aliphatic rings. The number of nitrogens with one attached hydrogen (secondary N) is 2. The Balaban J connectivity index is 2.19. The molecule has 0 aromatic heterocycles. The summed E-state index contributed by atoms with van der Waals surface area (Å²) in [6.45, 7) is 6.82. The summed E-state index contributed by atoms with van der Waals surface area (Å²) >= 11 is 0. The van der Waals surface area contributed by atoms with Gasteiger partial charge in [0.15, 0.2) is 5.96 Å². The van der Waals surface area contributed by atoms with E-state index in [1.165, 1.54) is 6.42 Å². The lowest BCUT2D eigenvalue weighted by atomic mass is 9.86. The fourth-order valence-corrected chi connectivity index (χ4v) is 2.61. The Morgan fingerprint density at radius 3 is 2.68 bits per heavy atom. The van der Waals surface area contributed by atoms with Crippen molar-refractivity contribution in [1.29, 1.82) is 0 Å². The number of rotatable bonds is 8. The minimum atomic E-state index is -3.22. The van der Waals surface area contributed by atoms with E-state index in [0.717, 1.165) is 18.4 Å². The van der Waals surface area contributed by atoms with Gasteiger partial charge in [-0.25, -0.2) is 18.1 Å². The minimum Gasteiger partial charge on any atom is -0.370 e. The standard InChI is InChI=1S/C12H24N4O2S/c1-10(2)8-15-12(13)14-6-7-19(17,18)16-9-11-4-3-5-11/h11,16H,1,3-9H2,2H3,(H3,13,14,15). The van der Waals surface area contributed by atoms with Crippen molar-refractivity contribution < 1.29 is 8.42 Å². The van der Waals surface area contributed by atoms with Crippen molar-refractivity contribution in [2.75, 3.05) is 25.4 Å². The fraction of sp³-hybridized carbons (Fsp3) is 0.750.